The number of carbonyl (C=O) groups excluding carboxylic acids is 3. The number of amides is 2. The first-order valence-corrected chi connectivity index (χ1v) is 8.34. The number of benzene rings is 2. The maximum absolute atomic E-state index is 12.5. The van der Waals surface area contributed by atoms with Crippen LogP contribution in [0.15, 0.2) is 36.4 Å². The third kappa shape index (κ3) is 5.52. The molecule has 2 aromatic carbocycles. The lowest BCUT2D eigenvalue weighted by atomic mass is 10.1. The van der Waals surface area contributed by atoms with Crippen LogP contribution in [0.25, 0.3) is 0 Å². The molecule has 0 atom stereocenters. The van der Waals surface area contributed by atoms with Crippen molar-refractivity contribution in [1.82, 2.24) is 0 Å². The van der Waals surface area contributed by atoms with E-state index in [0.29, 0.717) is 5.69 Å². The van der Waals surface area contributed by atoms with E-state index in [1.54, 1.807) is 0 Å². The molecule has 2 rings (SSSR count). The quantitative estimate of drug-likeness (QED) is 0.412. The first-order valence-electron chi connectivity index (χ1n) is 7.96. The Labute approximate surface area is 164 Å². The molecule has 0 aliphatic rings. The minimum Gasteiger partial charge on any atom is -0.484 e. The number of nitro benzene ring substituents is 1. The van der Waals surface area contributed by atoms with Crippen LogP contribution in [-0.4, -0.2) is 29.1 Å². The second-order valence-corrected chi connectivity index (χ2v) is 6.11. The molecule has 0 spiro atoms. The number of ether oxygens (including phenoxy) is 1. The van der Waals surface area contributed by atoms with Crippen LogP contribution in [0.1, 0.15) is 24.2 Å². The van der Waals surface area contributed by atoms with Crippen molar-refractivity contribution in [3.05, 3.63) is 57.1 Å². The van der Waals surface area contributed by atoms with E-state index in [4.69, 9.17) is 16.3 Å². The van der Waals surface area contributed by atoms with Gasteiger partial charge in [0.05, 0.1) is 15.6 Å². The first-order chi connectivity index (χ1) is 13.2. The van der Waals surface area contributed by atoms with Crippen LogP contribution in [-0.2, 0) is 9.59 Å². The summed E-state index contributed by atoms with van der Waals surface area (Å²) in [5, 5.41) is 15.8. The van der Waals surface area contributed by atoms with Crippen LogP contribution in [0.3, 0.4) is 0 Å². The third-order valence-electron chi connectivity index (χ3n) is 3.44. The predicted molar refractivity (Wildman–Crippen MR) is 103 cm³/mol. The summed E-state index contributed by atoms with van der Waals surface area (Å²) in [6.45, 7) is 2.20. The molecule has 0 radical (unpaired) electrons. The summed E-state index contributed by atoms with van der Waals surface area (Å²) in [7, 11) is 0. The zero-order valence-corrected chi connectivity index (χ0v) is 15.7. The minimum atomic E-state index is -0.600. The van der Waals surface area contributed by atoms with E-state index < -0.39 is 23.2 Å². The van der Waals surface area contributed by atoms with Gasteiger partial charge in [-0.15, -0.1) is 0 Å². The Morgan fingerprint density at radius 2 is 1.75 bits per heavy atom. The van der Waals surface area contributed by atoms with Gasteiger partial charge in [0.25, 0.3) is 5.69 Å². The van der Waals surface area contributed by atoms with Crippen LogP contribution < -0.4 is 15.4 Å². The number of hydrogen-bond acceptors (Lipinski definition) is 6. The summed E-state index contributed by atoms with van der Waals surface area (Å²) >= 11 is 5.93. The fourth-order valence-corrected chi connectivity index (χ4v) is 2.53. The lowest BCUT2D eigenvalue weighted by molar-refractivity contribution is -0.384. The van der Waals surface area contributed by atoms with E-state index in [0.717, 1.165) is 6.07 Å². The van der Waals surface area contributed by atoms with Crippen molar-refractivity contribution in [3.63, 3.8) is 0 Å². The van der Waals surface area contributed by atoms with Crippen molar-refractivity contribution in [3.8, 4) is 5.75 Å². The summed E-state index contributed by atoms with van der Waals surface area (Å²) in [5.74, 6) is -1.05. The molecule has 0 aliphatic carbocycles. The average Bonchev–Trinajstić information content (AvgIpc) is 2.59. The zero-order chi connectivity index (χ0) is 20.8. The van der Waals surface area contributed by atoms with Crippen LogP contribution in [0.2, 0.25) is 5.02 Å². The maximum Gasteiger partial charge on any atom is 0.271 e. The van der Waals surface area contributed by atoms with Gasteiger partial charge < -0.3 is 15.4 Å². The Bertz CT molecular complexity index is 960. The summed E-state index contributed by atoms with van der Waals surface area (Å²) in [6.07, 6.45) is 0. The molecule has 146 valence electrons. The van der Waals surface area contributed by atoms with Crippen molar-refractivity contribution in [2.75, 3.05) is 17.2 Å². The number of nitro groups is 1. The normalized spacial score (nSPS) is 10.1. The Morgan fingerprint density at radius 3 is 2.32 bits per heavy atom. The average molecular weight is 406 g/mol. The number of rotatable bonds is 7. The van der Waals surface area contributed by atoms with E-state index >= 15 is 0 Å². The molecule has 9 nitrogen and oxygen atoms in total. The summed E-state index contributed by atoms with van der Waals surface area (Å²) in [5.41, 5.74) is 0.585. The van der Waals surface area contributed by atoms with E-state index in [1.807, 2.05) is 0 Å². The predicted octanol–water partition coefficient (Wildman–Crippen LogP) is 3.43. The number of halogens is 1. The molecule has 2 aromatic rings. The van der Waals surface area contributed by atoms with Crippen molar-refractivity contribution in [2.24, 2.45) is 0 Å². The number of carbonyl (C=O) groups is 3. The molecule has 0 heterocycles. The van der Waals surface area contributed by atoms with E-state index in [1.165, 1.54) is 44.2 Å². The maximum atomic E-state index is 12.5. The van der Waals surface area contributed by atoms with Crippen molar-refractivity contribution >= 4 is 46.3 Å². The monoisotopic (exact) mass is 405 g/mol. The molecular formula is C18H16ClN3O6. The van der Waals surface area contributed by atoms with E-state index in [2.05, 4.69) is 10.6 Å². The van der Waals surface area contributed by atoms with Crippen LogP contribution in [0.5, 0.6) is 5.75 Å². The second-order valence-electron chi connectivity index (χ2n) is 5.71. The fraction of sp³-hybridized carbons (Fsp3) is 0.167. The highest BCUT2D eigenvalue weighted by atomic mass is 35.5. The molecule has 0 bridgehead atoms. The van der Waals surface area contributed by atoms with Crippen LogP contribution >= 0.6 is 11.6 Å². The van der Waals surface area contributed by atoms with Crippen LogP contribution in [0.4, 0.5) is 17.1 Å². The molecule has 0 fully saturated rings. The summed E-state index contributed by atoms with van der Waals surface area (Å²) < 4.78 is 5.36. The Hall–Kier alpha value is -3.46. The highest BCUT2D eigenvalue weighted by Crippen LogP contribution is 2.29. The number of nitrogens with one attached hydrogen (secondary N) is 2. The largest absolute Gasteiger partial charge is 0.484 e. The van der Waals surface area contributed by atoms with Crippen molar-refractivity contribution in [2.45, 2.75) is 13.8 Å². The van der Waals surface area contributed by atoms with Gasteiger partial charge in [0.1, 0.15) is 5.75 Å². The molecule has 0 aliphatic heterocycles. The number of non-ortho nitro benzene ring substituents is 1. The molecule has 0 unspecified atom stereocenters. The zero-order valence-electron chi connectivity index (χ0n) is 14.9. The lowest BCUT2D eigenvalue weighted by Gasteiger charge is -2.13. The van der Waals surface area contributed by atoms with Gasteiger partial charge in [-0.05, 0) is 24.3 Å². The fourth-order valence-electron chi connectivity index (χ4n) is 2.30. The SMILES string of the molecule is CC(=O)Nc1ccc(C(=O)COc2ccc([N+](=O)[O-])cc2Cl)c(NC(C)=O)c1. The highest BCUT2D eigenvalue weighted by Gasteiger charge is 2.16. The van der Waals surface area contributed by atoms with Gasteiger partial charge in [0.2, 0.25) is 17.6 Å². The highest BCUT2D eigenvalue weighted by molar-refractivity contribution is 6.32. The molecular weight excluding hydrogens is 390 g/mol. The van der Waals surface area contributed by atoms with Gasteiger partial charge >= 0.3 is 0 Å². The Morgan fingerprint density at radius 1 is 1.07 bits per heavy atom. The molecule has 0 saturated heterocycles. The number of anilines is 2. The third-order valence-corrected chi connectivity index (χ3v) is 3.73. The van der Waals surface area contributed by atoms with Gasteiger partial charge in [-0.2, -0.15) is 0 Å². The minimum absolute atomic E-state index is 0.00918. The van der Waals surface area contributed by atoms with Crippen LogP contribution in [0, 0.1) is 10.1 Å². The first kappa shape index (κ1) is 20.8. The lowest BCUT2D eigenvalue weighted by Crippen LogP contribution is -2.17. The number of nitrogens with zero attached hydrogens (tertiary/aromatic N) is 1. The summed E-state index contributed by atoms with van der Waals surface area (Å²) in [6, 6.07) is 8.03. The molecule has 2 amide bonds. The molecule has 2 N–H and O–H groups in total. The second kappa shape index (κ2) is 8.96. The van der Waals surface area contributed by atoms with E-state index in [-0.39, 0.29) is 33.6 Å². The molecule has 10 heteroatoms. The smallest absolute Gasteiger partial charge is 0.271 e. The molecule has 0 saturated carbocycles. The number of ketones is 1. The van der Waals surface area contributed by atoms with Gasteiger partial charge in [0, 0.05) is 37.2 Å². The summed E-state index contributed by atoms with van der Waals surface area (Å²) in [4.78, 5) is 45.3. The number of Topliss-reactive ketones (excluding diaryl/α,β-unsaturated/α-hetero) is 1. The van der Waals surface area contributed by atoms with Crippen molar-refractivity contribution < 1.29 is 24.0 Å². The van der Waals surface area contributed by atoms with Gasteiger partial charge in [-0.25, -0.2) is 0 Å². The number of hydrogen-bond donors (Lipinski definition) is 2. The standard InChI is InChI=1S/C18H16ClN3O6/c1-10(23)20-12-3-5-14(16(7-12)21-11(2)24)17(25)9-28-18-6-4-13(22(26)27)8-15(18)19/h3-8H,9H2,1-2H3,(H,20,23)(H,21,24). The van der Waals surface area contributed by atoms with Crippen molar-refractivity contribution in [1.29, 1.82) is 0 Å². The van der Waals surface area contributed by atoms with E-state index in [9.17, 15) is 24.5 Å². The topological polar surface area (TPSA) is 128 Å². The van der Waals surface area contributed by atoms with Gasteiger partial charge in [-0.1, -0.05) is 11.6 Å². The van der Waals surface area contributed by atoms with Gasteiger partial charge in [-0.3, -0.25) is 24.5 Å². The Kier molecular flexibility index (Phi) is 6.67. The molecule has 28 heavy (non-hydrogen) atoms. The van der Waals surface area contributed by atoms with Gasteiger partial charge in [0.15, 0.2) is 6.61 Å². The molecule has 0 aromatic heterocycles. The Balaban J connectivity index is 2.20.